The number of nitrogens with zero attached hydrogens (tertiary/aromatic N) is 1. The van der Waals surface area contributed by atoms with Crippen molar-refractivity contribution in [2.24, 2.45) is 0 Å². The molecule has 1 aromatic carbocycles. The fraction of sp³-hybridized carbons (Fsp3) is 0.467. The first-order valence-corrected chi connectivity index (χ1v) is 7.42. The quantitative estimate of drug-likeness (QED) is 0.788. The van der Waals surface area contributed by atoms with Crippen molar-refractivity contribution in [3.8, 4) is 5.75 Å². The molecule has 1 heterocycles. The Morgan fingerprint density at radius 3 is 2.38 bits per heavy atom. The number of halogens is 6. The van der Waals surface area contributed by atoms with Gasteiger partial charge in [0.05, 0.1) is 5.56 Å². The maximum absolute atomic E-state index is 12.8. The lowest BCUT2D eigenvalue weighted by Gasteiger charge is -2.18. The van der Waals surface area contributed by atoms with Gasteiger partial charge in [-0.2, -0.15) is 26.3 Å². The molecule has 1 fully saturated rings. The predicted octanol–water partition coefficient (Wildman–Crippen LogP) is 2.69. The molecule has 0 saturated carbocycles. The fourth-order valence-corrected chi connectivity index (χ4v) is 2.60. The third-order valence-electron chi connectivity index (χ3n) is 3.69. The summed E-state index contributed by atoms with van der Waals surface area (Å²) in [4.78, 5) is 24.7. The van der Waals surface area contributed by atoms with Crippen molar-refractivity contribution in [3.05, 3.63) is 29.3 Å². The Kier molecular flexibility index (Phi) is 5.38. The van der Waals surface area contributed by atoms with E-state index in [1.165, 1.54) is 0 Å². The van der Waals surface area contributed by atoms with Gasteiger partial charge in [0.15, 0.2) is 0 Å². The highest BCUT2D eigenvalue weighted by atomic mass is 19.4. The van der Waals surface area contributed by atoms with Crippen LogP contribution in [0.15, 0.2) is 18.2 Å². The van der Waals surface area contributed by atoms with Crippen LogP contribution < -0.4 is 5.32 Å². The van der Waals surface area contributed by atoms with Crippen molar-refractivity contribution < 1.29 is 41.0 Å². The van der Waals surface area contributed by atoms with Crippen LogP contribution in [0.2, 0.25) is 0 Å². The molecule has 144 valence electrons. The molecule has 11 heteroatoms. The second kappa shape index (κ2) is 7.04. The van der Waals surface area contributed by atoms with Gasteiger partial charge in [-0.05, 0) is 24.6 Å². The molecule has 2 N–H and O–H groups in total. The molecular formula is C15H14F6N2O3. The summed E-state index contributed by atoms with van der Waals surface area (Å²) < 4.78 is 74.7. The Morgan fingerprint density at radius 2 is 1.81 bits per heavy atom. The standard InChI is InChI=1S/C15H14F6N2O3/c16-14(17,18)6-12(25)22-10-1-2-23(7-10)13(26)8-3-9(15(19,20)21)5-11(24)4-8/h3-5,10,24H,1-2,6-7H2,(H,22,25). The van der Waals surface area contributed by atoms with Gasteiger partial charge in [-0.1, -0.05) is 0 Å². The third kappa shape index (κ3) is 5.27. The van der Waals surface area contributed by atoms with E-state index in [2.05, 4.69) is 5.32 Å². The van der Waals surface area contributed by atoms with Gasteiger partial charge in [-0.15, -0.1) is 0 Å². The average molecular weight is 384 g/mol. The van der Waals surface area contributed by atoms with Crippen molar-refractivity contribution >= 4 is 11.8 Å². The van der Waals surface area contributed by atoms with Gasteiger partial charge in [0.25, 0.3) is 5.91 Å². The molecule has 0 bridgehead atoms. The van der Waals surface area contributed by atoms with Gasteiger partial charge >= 0.3 is 12.4 Å². The first-order valence-electron chi connectivity index (χ1n) is 7.42. The number of hydrogen-bond donors (Lipinski definition) is 2. The number of amides is 2. The molecule has 1 aliphatic rings. The Labute approximate surface area is 143 Å². The van der Waals surface area contributed by atoms with E-state index < -0.39 is 53.5 Å². The van der Waals surface area contributed by atoms with Crippen molar-refractivity contribution in [2.75, 3.05) is 13.1 Å². The summed E-state index contributed by atoms with van der Waals surface area (Å²) in [5.74, 6) is -2.80. The molecule has 1 atom stereocenters. The van der Waals surface area contributed by atoms with Crippen LogP contribution in [0, 0.1) is 0 Å². The van der Waals surface area contributed by atoms with Crippen LogP contribution in [0.5, 0.6) is 5.75 Å². The Hall–Kier alpha value is -2.46. The summed E-state index contributed by atoms with van der Waals surface area (Å²) in [5.41, 5.74) is -1.60. The molecule has 2 rings (SSSR count). The van der Waals surface area contributed by atoms with Gasteiger partial charge in [0.1, 0.15) is 12.2 Å². The van der Waals surface area contributed by atoms with E-state index in [9.17, 15) is 41.0 Å². The molecule has 0 radical (unpaired) electrons. The number of carbonyl (C=O) groups excluding carboxylic acids is 2. The summed E-state index contributed by atoms with van der Waals surface area (Å²) in [5, 5.41) is 11.5. The largest absolute Gasteiger partial charge is 0.508 e. The number of rotatable bonds is 3. The monoisotopic (exact) mass is 384 g/mol. The zero-order valence-electron chi connectivity index (χ0n) is 13.1. The number of likely N-dealkylation sites (tertiary alicyclic amines) is 1. The number of hydrogen-bond acceptors (Lipinski definition) is 3. The normalized spacial score (nSPS) is 18.1. The lowest BCUT2D eigenvalue weighted by molar-refractivity contribution is -0.154. The van der Waals surface area contributed by atoms with Gasteiger partial charge in [-0.3, -0.25) is 9.59 Å². The lowest BCUT2D eigenvalue weighted by Crippen LogP contribution is -2.40. The molecule has 0 aliphatic carbocycles. The number of carbonyl (C=O) groups is 2. The minimum Gasteiger partial charge on any atom is -0.508 e. The number of aromatic hydroxyl groups is 1. The molecule has 0 spiro atoms. The summed E-state index contributed by atoms with van der Waals surface area (Å²) in [6.07, 6.45) is -10.9. The Bertz CT molecular complexity index is 702. The molecule has 5 nitrogen and oxygen atoms in total. The van der Waals surface area contributed by atoms with Gasteiger partial charge in [-0.25, -0.2) is 0 Å². The Morgan fingerprint density at radius 1 is 1.15 bits per heavy atom. The number of phenols is 1. The highest BCUT2D eigenvalue weighted by molar-refractivity contribution is 5.95. The second-order valence-corrected chi connectivity index (χ2v) is 5.86. The Balaban J connectivity index is 2.04. The minimum atomic E-state index is -4.76. The van der Waals surface area contributed by atoms with Crippen molar-refractivity contribution in [1.29, 1.82) is 0 Å². The van der Waals surface area contributed by atoms with Crippen molar-refractivity contribution in [3.63, 3.8) is 0 Å². The number of benzene rings is 1. The second-order valence-electron chi connectivity index (χ2n) is 5.86. The van der Waals surface area contributed by atoms with E-state index in [1.54, 1.807) is 0 Å². The van der Waals surface area contributed by atoms with Crippen molar-refractivity contribution in [2.45, 2.75) is 31.2 Å². The lowest BCUT2D eigenvalue weighted by atomic mass is 10.1. The summed E-state index contributed by atoms with van der Waals surface area (Å²) in [7, 11) is 0. The predicted molar refractivity (Wildman–Crippen MR) is 76.2 cm³/mol. The number of nitrogens with one attached hydrogen (secondary N) is 1. The van der Waals surface area contributed by atoms with E-state index >= 15 is 0 Å². The average Bonchev–Trinajstić information content (AvgIpc) is 2.91. The highest BCUT2D eigenvalue weighted by Crippen LogP contribution is 2.32. The van der Waals surface area contributed by atoms with Crippen LogP contribution >= 0.6 is 0 Å². The summed E-state index contributed by atoms with van der Waals surface area (Å²) >= 11 is 0. The van der Waals surface area contributed by atoms with Gasteiger partial charge in [0, 0.05) is 24.7 Å². The highest BCUT2D eigenvalue weighted by Gasteiger charge is 2.35. The summed E-state index contributed by atoms with van der Waals surface area (Å²) in [6.45, 7) is -0.0910. The molecule has 1 aliphatic heterocycles. The van der Waals surface area contributed by atoms with E-state index in [-0.39, 0.29) is 19.5 Å². The maximum atomic E-state index is 12.8. The van der Waals surface area contributed by atoms with E-state index in [0.29, 0.717) is 12.1 Å². The number of alkyl halides is 6. The molecule has 2 amide bonds. The summed E-state index contributed by atoms with van der Waals surface area (Å²) in [6, 6.07) is 1.19. The van der Waals surface area contributed by atoms with Crippen LogP contribution in [0.25, 0.3) is 0 Å². The first-order chi connectivity index (χ1) is 11.8. The first kappa shape index (κ1) is 19.9. The van der Waals surface area contributed by atoms with Crippen LogP contribution in [-0.4, -0.2) is 47.1 Å². The zero-order valence-corrected chi connectivity index (χ0v) is 13.1. The van der Waals surface area contributed by atoms with Crippen LogP contribution in [-0.2, 0) is 11.0 Å². The fourth-order valence-electron chi connectivity index (χ4n) is 2.60. The van der Waals surface area contributed by atoms with Crippen LogP contribution in [0.3, 0.4) is 0 Å². The van der Waals surface area contributed by atoms with E-state index in [0.717, 1.165) is 11.0 Å². The maximum Gasteiger partial charge on any atom is 0.416 e. The van der Waals surface area contributed by atoms with E-state index in [1.807, 2.05) is 0 Å². The zero-order chi connectivity index (χ0) is 19.7. The van der Waals surface area contributed by atoms with Crippen LogP contribution in [0.4, 0.5) is 26.3 Å². The van der Waals surface area contributed by atoms with Gasteiger partial charge in [0.2, 0.25) is 5.91 Å². The topological polar surface area (TPSA) is 69.6 Å². The SMILES string of the molecule is O=C(CC(F)(F)F)NC1CCN(C(=O)c2cc(O)cc(C(F)(F)F)c2)C1. The van der Waals surface area contributed by atoms with E-state index in [4.69, 9.17) is 0 Å². The van der Waals surface area contributed by atoms with Crippen LogP contribution in [0.1, 0.15) is 28.8 Å². The molecule has 1 saturated heterocycles. The molecule has 1 unspecified atom stereocenters. The number of phenolic OH excluding ortho intramolecular Hbond substituents is 1. The van der Waals surface area contributed by atoms with Gasteiger partial charge < -0.3 is 15.3 Å². The van der Waals surface area contributed by atoms with Crippen molar-refractivity contribution in [1.82, 2.24) is 10.2 Å². The third-order valence-corrected chi connectivity index (χ3v) is 3.69. The molecule has 0 aromatic heterocycles. The molecule has 1 aromatic rings. The molecule has 26 heavy (non-hydrogen) atoms. The molecular weight excluding hydrogens is 370 g/mol. The minimum absolute atomic E-state index is 0.0484. The smallest absolute Gasteiger partial charge is 0.416 e.